The predicted octanol–water partition coefficient (Wildman–Crippen LogP) is 6.65. The van der Waals surface area contributed by atoms with Crippen LogP contribution in [0.15, 0.2) is 84.9 Å². The SMILES string of the molecule is CCCC[Si](Oc1ccc(OCC2CCN(C(=O)OC(C)(C)C)CC2)cc1)(c1ccccc1)c1ccccc1. The van der Waals surface area contributed by atoms with Crippen LogP contribution < -0.4 is 19.5 Å². The summed E-state index contributed by atoms with van der Waals surface area (Å²) < 4.78 is 18.7. The second-order valence-electron chi connectivity index (χ2n) is 11.5. The molecule has 6 heteroatoms. The highest BCUT2D eigenvalue weighted by Gasteiger charge is 2.41. The molecule has 1 amide bonds. The maximum Gasteiger partial charge on any atom is 0.410 e. The number of unbranched alkanes of at least 4 members (excludes halogenated alkanes) is 1. The van der Waals surface area contributed by atoms with E-state index in [2.05, 4.69) is 67.6 Å². The fourth-order valence-corrected chi connectivity index (χ4v) is 9.19. The third kappa shape index (κ3) is 7.88. The van der Waals surface area contributed by atoms with E-state index in [0.29, 0.717) is 25.6 Å². The predicted molar refractivity (Wildman–Crippen MR) is 161 cm³/mol. The Bertz CT molecular complexity index is 1110. The van der Waals surface area contributed by atoms with E-state index in [9.17, 15) is 4.79 Å². The molecule has 208 valence electrons. The third-order valence-electron chi connectivity index (χ3n) is 7.23. The largest absolute Gasteiger partial charge is 0.535 e. The van der Waals surface area contributed by atoms with E-state index < -0.39 is 13.9 Å². The number of amides is 1. The highest BCUT2D eigenvalue weighted by molar-refractivity contribution is 6.98. The van der Waals surface area contributed by atoms with E-state index in [1.54, 1.807) is 0 Å². The van der Waals surface area contributed by atoms with Gasteiger partial charge in [-0.25, -0.2) is 4.79 Å². The highest BCUT2D eigenvalue weighted by Crippen LogP contribution is 2.26. The normalized spacial score (nSPS) is 14.6. The molecule has 0 bridgehead atoms. The molecule has 0 unspecified atom stereocenters. The van der Waals surface area contributed by atoms with Crippen molar-refractivity contribution in [1.82, 2.24) is 4.90 Å². The molecule has 0 aromatic heterocycles. The van der Waals surface area contributed by atoms with Crippen molar-refractivity contribution in [2.45, 2.75) is 65.0 Å². The minimum absolute atomic E-state index is 0.220. The number of hydrogen-bond donors (Lipinski definition) is 0. The van der Waals surface area contributed by atoms with Crippen molar-refractivity contribution in [1.29, 1.82) is 0 Å². The number of rotatable bonds is 10. The number of piperidine rings is 1. The molecule has 0 atom stereocenters. The van der Waals surface area contributed by atoms with Crippen molar-refractivity contribution in [3.05, 3.63) is 84.9 Å². The summed E-state index contributed by atoms with van der Waals surface area (Å²) in [5, 5.41) is 2.59. The van der Waals surface area contributed by atoms with Crippen LogP contribution in [0, 0.1) is 5.92 Å². The Balaban J connectivity index is 1.40. The van der Waals surface area contributed by atoms with Gasteiger partial charge in [-0.2, -0.15) is 0 Å². The van der Waals surface area contributed by atoms with Crippen LogP contribution in [0.5, 0.6) is 11.5 Å². The van der Waals surface area contributed by atoms with E-state index in [-0.39, 0.29) is 6.09 Å². The average molecular weight is 546 g/mol. The minimum Gasteiger partial charge on any atom is -0.535 e. The van der Waals surface area contributed by atoms with Crippen molar-refractivity contribution in [3.8, 4) is 11.5 Å². The minimum atomic E-state index is -2.49. The van der Waals surface area contributed by atoms with E-state index in [4.69, 9.17) is 13.9 Å². The molecule has 1 heterocycles. The first-order chi connectivity index (χ1) is 18.8. The lowest BCUT2D eigenvalue weighted by Gasteiger charge is -2.33. The lowest BCUT2D eigenvalue weighted by molar-refractivity contribution is 0.0165. The molecule has 0 saturated carbocycles. The molecule has 4 rings (SSSR count). The number of nitrogens with zero attached hydrogens (tertiary/aromatic N) is 1. The van der Waals surface area contributed by atoms with Crippen LogP contribution in [0.25, 0.3) is 0 Å². The van der Waals surface area contributed by atoms with Gasteiger partial charge >= 0.3 is 14.4 Å². The summed E-state index contributed by atoms with van der Waals surface area (Å²) in [4.78, 5) is 14.1. The molecule has 3 aromatic rings. The van der Waals surface area contributed by atoms with Gasteiger partial charge in [-0.05, 0) is 80.2 Å². The molecule has 1 fully saturated rings. The average Bonchev–Trinajstić information content (AvgIpc) is 2.95. The number of benzene rings is 3. The number of carbonyl (C=O) groups excluding carboxylic acids is 1. The molecule has 0 spiro atoms. The van der Waals surface area contributed by atoms with E-state index in [0.717, 1.165) is 43.2 Å². The van der Waals surface area contributed by atoms with Crippen LogP contribution in [0.2, 0.25) is 6.04 Å². The molecule has 0 N–H and O–H groups in total. The lowest BCUT2D eigenvalue weighted by Crippen LogP contribution is -2.63. The summed E-state index contributed by atoms with van der Waals surface area (Å²) >= 11 is 0. The summed E-state index contributed by atoms with van der Waals surface area (Å²) in [7, 11) is -2.49. The second-order valence-corrected chi connectivity index (χ2v) is 15.0. The fraction of sp³-hybridized carbons (Fsp3) is 0.424. The smallest absolute Gasteiger partial charge is 0.410 e. The Morgan fingerprint density at radius 3 is 1.90 bits per heavy atom. The lowest BCUT2D eigenvalue weighted by atomic mass is 9.98. The van der Waals surface area contributed by atoms with Crippen LogP contribution in [-0.4, -0.2) is 44.6 Å². The number of hydrogen-bond acceptors (Lipinski definition) is 4. The number of carbonyl (C=O) groups is 1. The Morgan fingerprint density at radius 1 is 0.846 bits per heavy atom. The van der Waals surface area contributed by atoms with Gasteiger partial charge in [0.2, 0.25) is 0 Å². The van der Waals surface area contributed by atoms with Gasteiger partial charge in [0.05, 0.1) is 6.61 Å². The Morgan fingerprint density at radius 2 is 1.38 bits per heavy atom. The van der Waals surface area contributed by atoms with Crippen molar-refractivity contribution in [2.75, 3.05) is 19.7 Å². The van der Waals surface area contributed by atoms with Gasteiger partial charge in [0.25, 0.3) is 0 Å². The van der Waals surface area contributed by atoms with Gasteiger partial charge in [-0.15, -0.1) is 0 Å². The van der Waals surface area contributed by atoms with Gasteiger partial charge in [-0.1, -0.05) is 80.4 Å². The monoisotopic (exact) mass is 545 g/mol. The summed E-state index contributed by atoms with van der Waals surface area (Å²) in [5.41, 5.74) is -0.465. The Hall–Kier alpha value is -3.25. The maximum atomic E-state index is 12.3. The maximum absolute atomic E-state index is 12.3. The van der Waals surface area contributed by atoms with E-state index >= 15 is 0 Å². The standard InChI is InChI=1S/C33H43NO4Si/c1-5-6-25-39(30-13-9-7-10-14-30,31-15-11-8-12-16-31)38-29-19-17-28(18-20-29)36-26-27-21-23-34(24-22-27)32(35)37-33(2,3)4/h7-20,27H,5-6,21-26H2,1-4H3. The van der Waals surface area contributed by atoms with E-state index in [1.807, 2.05) is 49.9 Å². The van der Waals surface area contributed by atoms with Gasteiger partial charge < -0.3 is 18.8 Å². The fourth-order valence-electron chi connectivity index (χ4n) is 5.09. The molecule has 1 saturated heterocycles. The molecule has 0 radical (unpaired) electrons. The number of likely N-dealkylation sites (tertiary alicyclic amines) is 1. The van der Waals surface area contributed by atoms with Gasteiger partial charge in [0.1, 0.15) is 17.1 Å². The Kier molecular flexibility index (Phi) is 9.73. The molecular formula is C33H43NO4Si. The molecule has 5 nitrogen and oxygen atoms in total. The molecular weight excluding hydrogens is 502 g/mol. The van der Waals surface area contributed by atoms with Gasteiger partial charge in [-0.3, -0.25) is 0 Å². The van der Waals surface area contributed by atoms with Crippen LogP contribution >= 0.6 is 0 Å². The quantitative estimate of drug-likeness (QED) is 0.268. The summed E-state index contributed by atoms with van der Waals surface area (Å²) in [6.07, 6.45) is 3.85. The first kappa shape index (κ1) is 28.7. The molecule has 3 aromatic carbocycles. The molecule has 0 aliphatic carbocycles. The van der Waals surface area contributed by atoms with Crippen molar-refractivity contribution in [3.63, 3.8) is 0 Å². The van der Waals surface area contributed by atoms with E-state index in [1.165, 1.54) is 10.4 Å². The zero-order chi connectivity index (χ0) is 27.7. The summed E-state index contributed by atoms with van der Waals surface area (Å²) in [6.45, 7) is 10.0. The van der Waals surface area contributed by atoms with Crippen LogP contribution in [0.1, 0.15) is 53.4 Å². The third-order valence-corrected chi connectivity index (χ3v) is 11.4. The molecule has 39 heavy (non-hydrogen) atoms. The molecule has 1 aliphatic rings. The van der Waals surface area contributed by atoms with Crippen molar-refractivity contribution < 1.29 is 18.7 Å². The summed E-state index contributed by atoms with van der Waals surface area (Å²) in [6, 6.07) is 30.6. The zero-order valence-corrected chi connectivity index (χ0v) is 24.9. The highest BCUT2D eigenvalue weighted by atomic mass is 28.4. The van der Waals surface area contributed by atoms with Crippen LogP contribution in [0.4, 0.5) is 4.79 Å². The first-order valence-corrected chi connectivity index (χ1v) is 16.4. The van der Waals surface area contributed by atoms with Crippen LogP contribution in [0.3, 0.4) is 0 Å². The first-order valence-electron chi connectivity index (χ1n) is 14.3. The van der Waals surface area contributed by atoms with Gasteiger partial charge in [0, 0.05) is 13.1 Å². The van der Waals surface area contributed by atoms with Crippen molar-refractivity contribution >= 4 is 24.8 Å². The topological polar surface area (TPSA) is 48.0 Å². The summed E-state index contributed by atoms with van der Waals surface area (Å²) in [5.74, 6) is 2.14. The van der Waals surface area contributed by atoms with Gasteiger partial charge in [0.15, 0.2) is 0 Å². The number of ether oxygens (including phenoxy) is 2. The second kappa shape index (κ2) is 13.2. The molecule has 1 aliphatic heterocycles. The van der Waals surface area contributed by atoms with Crippen molar-refractivity contribution in [2.24, 2.45) is 5.92 Å². The zero-order valence-electron chi connectivity index (χ0n) is 23.9. The Labute approximate surface area is 235 Å². The van der Waals surface area contributed by atoms with Crippen LogP contribution in [-0.2, 0) is 4.74 Å².